The monoisotopic (exact) mass is 250 g/mol. The third-order valence-corrected chi connectivity index (χ3v) is 2.87. The molecule has 3 heteroatoms. The normalized spacial score (nSPS) is 10.3. The maximum absolute atomic E-state index is 6.08. The summed E-state index contributed by atoms with van der Waals surface area (Å²) in [7, 11) is 0. The third kappa shape index (κ3) is 4.86. The summed E-state index contributed by atoms with van der Waals surface area (Å²) in [4.78, 5) is 0. The van der Waals surface area contributed by atoms with Crippen LogP contribution >= 0.6 is 0 Å². The van der Waals surface area contributed by atoms with E-state index in [9.17, 15) is 0 Å². The van der Waals surface area contributed by atoms with Gasteiger partial charge in [-0.2, -0.15) is 0 Å². The molecule has 0 saturated heterocycles. The van der Waals surface area contributed by atoms with E-state index in [-0.39, 0.29) is 0 Å². The molecule has 1 aromatic carbocycles. The van der Waals surface area contributed by atoms with Crippen LogP contribution in [0.1, 0.15) is 46.0 Å². The summed E-state index contributed by atoms with van der Waals surface area (Å²) in [5.41, 5.74) is 7.79. The number of nitrogens with two attached hydrogens (primary N) is 1. The van der Waals surface area contributed by atoms with Crippen molar-refractivity contribution >= 4 is 11.4 Å². The lowest BCUT2D eigenvalue weighted by atomic mass is 10.2. The maximum atomic E-state index is 6.08. The van der Waals surface area contributed by atoms with E-state index in [1.165, 1.54) is 25.7 Å². The lowest BCUT2D eigenvalue weighted by Gasteiger charge is -2.13. The number of nitrogen functional groups attached to an aromatic ring is 1. The van der Waals surface area contributed by atoms with Gasteiger partial charge in [0.05, 0.1) is 18.0 Å². The van der Waals surface area contributed by atoms with Crippen molar-refractivity contribution in [1.29, 1.82) is 0 Å². The average Bonchev–Trinajstić information content (AvgIpc) is 2.39. The molecule has 0 saturated carbocycles. The van der Waals surface area contributed by atoms with Gasteiger partial charge in [-0.3, -0.25) is 0 Å². The molecule has 0 heterocycles. The Kier molecular flexibility index (Phi) is 7.07. The minimum atomic E-state index is 0.712. The maximum Gasteiger partial charge on any atom is 0.144 e. The van der Waals surface area contributed by atoms with E-state index in [0.29, 0.717) is 6.61 Å². The van der Waals surface area contributed by atoms with Crippen LogP contribution in [0.15, 0.2) is 18.2 Å². The predicted molar refractivity (Wildman–Crippen MR) is 79.3 cm³/mol. The van der Waals surface area contributed by atoms with Crippen LogP contribution < -0.4 is 15.8 Å². The molecule has 0 radical (unpaired) electrons. The number of anilines is 2. The number of benzene rings is 1. The fourth-order valence-electron chi connectivity index (χ4n) is 1.81. The number of para-hydroxylation sites is 1. The van der Waals surface area contributed by atoms with Gasteiger partial charge < -0.3 is 15.8 Å². The molecule has 0 unspecified atom stereocenters. The van der Waals surface area contributed by atoms with Crippen LogP contribution in [-0.2, 0) is 0 Å². The minimum Gasteiger partial charge on any atom is -0.491 e. The van der Waals surface area contributed by atoms with E-state index in [1.54, 1.807) is 0 Å². The predicted octanol–water partition coefficient (Wildman–Crippen LogP) is 4.05. The summed E-state index contributed by atoms with van der Waals surface area (Å²) in [6, 6.07) is 5.91. The summed E-state index contributed by atoms with van der Waals surface area (Å²) in [5.74, 6) is 0.787. The van der Waals surface area contributed by atoms with Crippen LogP contribution in [0.4, 0.5) is 11.4 Å². The Balaban J connectivity index is 2.44. The molecule has 0 aliphatic rings. The van der Waals surface area contributed by atoms with Crippen LogP contribution in [0.5, 0.6) is 5.75 Å². The van der Waals surface area contributed by atoms with E-state index in [0.717, 1.165) is 30.1 Å². The molecule has 0 aliphatic heterocycles. The van der Waals surface area contributed by atoms with Gasteiger partial charge in [0.2, 0.25) is 0 Å². The van der Waals surface area contributed by atoms with E-state index < -0.39 is 0 Å². The van der Waals surface area contributed by atoms with Crippen molar-refractivity contribution in [2.45, 2.75) is 46.0 Å². The molecular weight excluding hydrogens is 224 g/mol. The van der Waals surface area contributed by atoms with Crippen LogP contribution in [0.25, 0.3) is 0 Å². The van der Waals surface area contributed by atoms with Gasteiger partial charge in [0.15, 0.2) is 0 Å². The first-order chi connectivity index (χ1) is 8.79. The average molecular weight is 250 g/mol. The molecule has 0 fully saturated rings. The fourth-order valence-corrected chi connectivity index (χ4v) is 1.81. The van der Waals surface area contributed by atoms with Crippen LogP contribution in [-0.4, -0.2) is 13.2 Å². The van der Waals surface area contributed by atoms with Crippen molar-refractivity contribution in [1.82, 2.24) is 0 Å². The molecule has 3 N–H and O–H groups in total. The van der Waals surface area contributed by atoms with Gasteiger partial charge in [0.25, 0.3) is 0 Å². The van der Waals surface area contributed by atoms with Crippen LogP contribution in [0.2, 0.25) is 0 Å². The van der Waals surface area contributed by atoms with Crippen molar-refractivity contribution in [2.75, 3.05) is 24.2 Å². The first-order valence-corrected chi connectivity index (χ1v) is 7.04. The zero-order valence-electron chi connectivity index (χ0n) is 11.7. The van der Waals surface area contributed by atoms with Gasteiger partial charge in [-0.25, -0.2) is 0 Å². The SMILES string of the molecule is CCCCCCNc1cccc(OCCC)c1N. The van der Waals surface area contributed by atoms with Gasteiger partial charge >= 0.3 is 0 Å². The molecule has 3 nitrogen and oxygen atoms in total. The molecule has 18 heavy (non-hydrogen) atoms. The second-order valence-corrected chi connectivity index (χ2v) is 4.55. The first-order valence-electron chi connectivity index (χ1n) is 7.04. The minimum absolute atomic E-state index is 0.712. The number of ether oxygens (including phenoxy) is 1. The van der Waals surface area contributed by atoms with E-state index in [2.05, 4.69) is 19.2 Å². The molecular formula is C15H26N2O. The molecule has 0 amide bonds. The van der Waals surface area contributed by atoms with Crippen molar-refractivity contribution in [3.8, 4) is 5.75 Å². The Hall–Kier alpha value is -1.38. The van der Waals surface area contributed by atoms with Gasteiger partial charge in [-0.05, 0) is 25.0 Å². The van der Waals surface area contributed by atoms with Gasteiger partial charge in [0, 0.05) is 6.54 Å². The molecule has 1 rings (SSSR count). The lowest BCUT2D eigenvalue weighted by molar-refractivity contribution is 0.319. The standard InChI is InChI=1S/C15H26N2O/c1-3-5-6-7-11-17-13-9-8-10-14(15(13)16)18-12-4-2/h8-10,17H,3-7,11-12,16H2,1-2H3. The van der Waals surface area contributed by atoms with E-state index in [1.807, 2.05) is 18.2 Å². The Morgan fingerprint density at radius 3 is 2.67 bits per heavy atom. The summed E-state index contributed by atoms with van der Waals surface area (Å²) in [6.07, 6.45) is 6.02. The molecule has 0 aromatic heterocycles. The topological polar surface area (TPSA) is 47.3 Å². The Bertz CT molecular complexity index is 339. The number of hydrogen-bond acceptors (Lipinski definition) is 3. The number of rotatable bonds is 9. The van der Waals surface area contributed by atoms with Crippen LogP contribution in [0, 0.1) is 0 Å². The second kappa shape index (κ2) is 8.67. The van der Waals surface area contributed by atoms with Gasteiger partial charge in [-0.1, -0.05) is 39.2 Å². The largest absolute Gasteiger partial charge is 0.491 e. The summed E-state index contributed by atoms with van der Waals surface area (Å²) in [5, 5.41) is 3.38. The number of nitrogens with one attached hydrogen (secondary N) is 1. The zero-order valence-corrected chi connectivity index (χ0v) is 11.7. The van der Waals surface area contributed by atoms with Gasteiger partial charge in [-0.15, -0.1) is 0 Å². The molecule has 0 bridgehead atoms. The summed E-state index contributed by atoms with van der Waals surface area (Å²) >= 11 is 0. The van der Waals surface area contributed by atoms with Crippen molar-refractivity contribution < 1.29 is 4.74 Å². The highest BCUT2D eigenvalue weighted by molar-refractivity contribution is 5.72. The Morgan fingerprint density at radius 1 is 1.11 bits per heavy atom. The molecule has 1 aromatic rings. The fraction of sp³-hybridized carbons (Fsp3) is 0.600. The quantitative estimate of drug-likeness (QED) is 0.513. The molecule has 0 spiro atoms. The zero-order chi connectivity index (χ0) is 13.2. The highest BCUT2D eigenvalue weighted by Gasteiger charge is 2.04. The number of hydrogen-bond donors (Lipinski definition) is 2. The lowest BCUT2D eigenvalue weighted by Crippen LogP contribution is -2.06. The highest BCUT2D eigenvalue weighted by atomic mass is 16.5. The van der Waals surface area contributed by atoms with Crippen molar-refractivity contribution in [3.63, 3.8) is 0 Å². The van der Waals surface area contributed by atoms with Crippen molar-refractivity contribution in [3.05, 3.63) is 18.2 Å². The molecule has 0 atom stereocenters. The van der Waals surface area contributed by atoms with E-state index in [4.69, 9.17) is 10.5 Å². The smallest absolute Gasteiger partial charge is 0.144 e. The molecule has 0 aliphatic carbocycles. The first kappa shape index (κ1) is 14.7. The summed E-state index contributed by atoms with van der Waals surface area (Å²) in [6.45, 7) is 6.00. The van der Waals surface area contributed by atoms with Crippen molar-refractivity contribution in [2.24, 2.45) is 0 Å². The van der Waals surface area contributed by atoms with E-state index >= 15 is 0 Å². The molecule has 102 valence electrons. The highest BCUT2D eigenvalue weighted by Crippen LogP contribution is 2.29. The Morgan fingerprint density at radius 2 is 1.94 bits per heavy atom. The third-order valence-electron chi connectivity index (χ3n) is 2.87. The van der Waals surface area contributed by atoms with Gasteiger partial charge in [0.1, 0.15) is 5.75 Å². The summed E-state index contributed by atoms with van der Waals surface area (Å²) < 4.78 is 5.61. The Labute approximate surface area is 111 Å². The van der Waals surface area contributed by atoms with Crippen LogP contribution in [0.3, 0.4) is 0 Å². The second-order valence-electron chi connectivity index (χ2n) is 4.55. The number of unbranched alkanes of at least 4 members (excludes halogenated alkanes) is 3.